The van der Waals surface area contributed by atoms with Gasteiger partial charge in [0.15, 0.2) is 11.5 Å². The molecule has 0 saturated carbocycles. The molecule has 0 radical (unpaired) electrons. The lowest BCUT2D eigenvalue weighted by atomic mass is 9.93. The number of rotatable bonds is 13. The summed E-state index contributed by atoms with van der Waals surface area (Å²) in [5.74, 6) is 4.04. The molecule has 3 aromatic carbocycles. The van der Waals surface area contributed by atoms with E-state index < -0.39 is 0 Å². The Morgan fingerprint density at radius 3 is 2.37 bits per heavy atom. The van der Waals surface area contributed by atoms with Gasteiger partial charge < -0.3 is 19.5 Å². The lowest BCUT2D eigenvalue weighted by molar-refractivity contribution is -0.116. The zero-order valence-electron chi connectivity index (χ0n) is 26.1. The molecule has 2 aliphatic rings. The molecule has 0 aromatic heterocycles. The Hall–Kier alpha value is -3.16. The first kappa shape index (κ1) is 31.3. The highest BCUT2D eigenvalue weighted by molar-refractivity contribution is 7.98. The van der Waals surface area contributed by atoms with Crippen LogP contribution in [0.4, 0.5) is 5.69 Å². The maximum atomic E-state index is 13.2. The highest BCUT2D eigenvalue weighted by atomic mass is 32.2. The lowest BCUT2D eigenvalue weighted by Gasteiger charge is -2.25. The van der Waals surface area contributed by atoms with Gasteiger partial charge in [0.05, 0.1) is 6.61 Å². The second-order valence-corrected chi connectivity index (χ2v) is 12.6. The van der Waals surface area contributed by atoms with Gasteiger partial charge >= 0.3 is 0 Å². The van der Waals surface area contributed by atoms with Gasteiger partial charge in [-0.05, 0) is 97.8 Å². The van der Waals surface area contributed by atoms with Crippen molar-refractivity contribution < 1.29 is 19.0 Å². The second kappa shape index (κ2) is 15.0. The van der Waals surface area contributed by atoms with Gasteiger partial charge in [-0.25, -0.2) is 0 Å². The van der Waals surface area contributed by atoms with Crippen LogP contribution in [-0.4, -0.2) is 55.7 Å². The Morgan fingerprint density at radius 2 is 1.67 bits per heavy atom. The normalized spacial score (nSPS) is 18.0. The lowest BCUT2D eigenvalue weighted by Crippen LogP contribution is -2.26. The summed E-state index contributed by atoms with van der Waals surface area (Å²) in [6.07, 6.45) is 6.23. The number of likely N-dealkylation sites (tertiary alicyclic amines) is 1. The van der Waals surface area contributed by atoms with Gasteiger partial charge in [-0.15, -0.1) is 0 Å². The molecule has 0 aliphatic carbocycles. The van der Waals surface area contributed by atoms with Crippen molar-refractivity contribution >= 4 is 23.4 Å². The van der Waals surface area contributed by atoms with Crippen LogP contribution in [0.25, 0.3) is 0 Å². The van der Waals surface area contributed by atoms with Crippen molar-refractivity contribution in [1.29, 1.82) is 0 Å². The van der Waals surface area contributed by atoms with Crippen LogP contribution in [0.1, 0.15) is 72.9 Å². The molecule has 3 aromatic rings. The van der Waals surface area contributed by atoms with E-state index in [-0.39, 0.29) is 11.9 Å². The fraction of sp³-hybridized carbons (Fsp3) is 0.472. The number of fused-ring (bicyclic) bond motifs is 1. The van der Waals surface area contributed by atoms with Crippen LogP contribution in [0.2, 0.25) is 0 Å². The van der Waals surface area contributed by atoms with E-state index in [1.165, 1.54) is 27.8 Å². The number of hydrogen-bond acceptors (Lipinski definition) is 6. The van der Waals surface area contributed by atoms with E-state index >= 15 is 0 Å². The van der Waals surface area contributed by atoms with Gasteiger partial charge in [-0.1, -0.05) is 49.7 Å². The summed E-state index contributed by atoms with van der Waals surface area (Å²) in [7, 11) is 0. The molecule has 1 saturated heterocycles. The van der Waals surface area contributed by atoms with Crippen molar-refractivity contribution in [3.63, 3.8) is 0 Å². The molecule has 1 N–H and O–H groups in total. The van der Waals surface area contributed by atoms with E-state index in [1.54, 1.807) is 11.8 Å². The monoisotopic (exact) mass is 602 g/mol. The molecule has 230 valence electrons. The number of aryl methyl sites for hydroxylation is 3. The van der Waals surface area contributed by atoms with E-state index in [1.807, 2.05) is 6.07 Å². The smallest absolute Gasteiger partial charge is 0.224 e. The van der Waals surface area contributed by atoms with Crippen LogP contribution >= 0.6 is 11.8 Å². The number of carbonyl (C=O) groups is 1. The molecule has 2 heterocycles. The predicted octanol–water partition coefficient (Wildman–Crippen LogP) is 7.58. The molecule has 5 rings (SSSR count). The third kappa shape index (κ3) is 7.87. The number of anilines is 1. The van der Waals surface area contributed by atoms with Crippen LogP contribution in [-0.2, 0) is 17.6 Å². The summed E-state index contributed by atoms with van der Waals surface area (Å²) in [6.45, 7) is 10.1. The third-order valence-corrected chi connectivity index (χ3v) is 9.16. The van der Waals surface area contributed by atoms with Gasteiger partial charge in [-0.2, -0.15) is 11.8 Å². The van der Waals surface area contributed by atoms with Crippen molar-refractivity contribution in [2.45, 2.75) is 64.8 Å². The van der Waals surface area contributed by atoms with Crippen LogP contribution < -0.4 is 19.5 Å². The van der Waals surface area contributed by atoms with E-state index in [0.717, 1.165) is 67.5 Å². The first-order valence-corrected chi connectivity index (χ1v) is 17.2. The van der Waals surface area contributed by atoms with E-state index in [2.05, 4.69) is 85.8 Å². The molecule has 6 nitrogen and oxygen atoms in total. The van der Waals surface area contributed by atoms with Gasteiger partial charge in [0.25, 0.3) is 0 Å². The molecule has 43 heavy (non-hydrogen) atoms. The molecular formula is C36H46N2O4S. The summed E-state index contributed by atoms with van der Waals surface area (Å²) in [5, 5.41) is 3.27. The average molecular weight is 603 g/mol. The molecule has 2 atom stereocenters. The number of carbonyl (C=O) groups excluding carboxylic acids is 1. The first-order chi connectivity index (χ1) is 21.0. The number of ether oxygens (including phenoxy) is 3. The van der Waals surface area contributed by atoms with Crippen LogP contribution in [0.3, 0.4) is 0 Å². The molecule has 7 heteroatoms. The molecule has 1 amide bonds. The topological polar surface area (TPSA) is 60.0 Å². The molecule has 0 unspecified atom stereocenters. The maximum absolute atomic E-state index is 13.2. The molecular weight excluding hydrogens is 556 g/mol. The number of nitrogens with zero attached hydrogens (tertiary/aromatic N) is 1. The maximum Gasteiger partial charge on any atom is 0.224 e. The summed E-state index contributed by atoms with van der Waals surface area (Å²) >= 11 is 1.79. The van der Waals surface area contributed by atoms with E-state index in [0.29, 0.717) is 32.2 Å². The number of amides is 1. The van der Waals surface area contributed by atoms with Crippen LogP contribution in [0.5, 0.6) is 17.2 Å². The van der Waals surface area contributed by atoms with Gasteiger partial charge in [-0.3, -0.25) is 9.69 Å². The average Bonchev–Trinajstić information content (AvgIpc) is 3.46. The highest BCUT2D eigenvalue weighted by Gasteiger charge is 2.34. The van der Waals surface area contributed by atoms with E-state index in [9.17, 15) is 4.79 Å². The van der Waals surface area contributed by atoms with Gasteiger partial charge in [0.1, 0.15) is 19.0 Å². The summed E-state index contributed by atoms with van der Waals surface area (Å²) in [5.41, 5.74) is 7.27. The number of nitrogens with one attached hydrogen (secondary N) is 1. The Morgan fingerprint density at radius 1 is 0.977 bits per heavy atom. The number of thioether (sulfide) groups is 1. The van der Waals surface area contributed by atoms with Gasteiger partial charge in [0, 0.05) is 30.4 Å². The second-order valence-electron chi connectivity index (χ2n) is 11.6. The summed E-state index contributed by atoms with van der Waals surface area (Å²) in [6, 6.07) is 19.7. The minimum absolute atomic E-state index is 0.0964. The van der Waals surface area contributed by atoms with Crippen molar-refractivity contribution in [3.8, 4) is 17.2 Å². The third-order valence-electron chi connectivity index (χ3n) is 8.58. The molecule has 2 aliphatic heterocycles. The van der Waals surface area contributed by atoms with Crippen LogP contribution in [0.15, 0.2) is 54.6 Å². The number of hydrogen-bond donors (Lipinski definition) is 1. The zero-order chi connectivity index (χ0) is 30.2. The Labute approximate surface area is 261 Å². The Kier molecular flexibility index (Phi) is 10.9. The summed E-state index contributed by atoms with van der Waals surface area (Å²) < 4.78 is 17.6. The summed E-state index contributed by atoms with van der Waals surface area (Å²) in [4.78, 5) is 15.7. The fourth-order valence-electron chi connectivity index (χ4n) is 6.39. The van der Waals surface area contributed by atoms with Crippen molar-refractivity contribution in [1.82, 2.24) is 4.90 Å². The minimum Gasteiger partial charge on any atom is -0.493 e. The molecule has 1 fully saturated rings. The standard InChI is InChI=1S/C36H46N2O4S/c1-5-26-20-25(3)21-27(6-2)36(26)37-35(39)8-7-15-38-24-30(29-11-14-33-34(23-29)42-17-16-41-33)22-32(38)28-9-12-31(13-10-28)40-18-19-43-4/h9-14,20-21,23,30,32H,5-8,15-19,22,24H2,1-4H3,(H,37,39)/t30-,32-/m1/s1. The quantitative estimate of drug-likeness (QED) is 0.204. The van der Waals surface area contributed by atoms with Crippen molar-refractivity contribution in [2.75, 3.05) is 50.2 Å². The van der Waals surface area contributed by atoms with Gasteiger partial charge in [0.2, 0.25) is 5.91 Å². The highest BCUT2D eigenvalue weighted by Crippen LogP contribution is 2.43. The first-order valence-electron chi connectivity index (χ1n) is 15.8. The minimum atomic E-state index is 0.0964. The number of benzene rings is 3. The molecule has 0 spiro atoms. The fourth-order valence-corrected chi connectivity index (χ4v) is 6.64. The Balaban J connectivity index is 1.27. The Bertz CT molecular complexity index is 1350. The van der Waals surface area contributed by atoms with Crippen molar-refractivity contribution in [3.05, 3.63) is 82.4 Å². The largest absolute Gasteiger partial charge is 0.493 e. The SMILES string of the molecule is CCc1cc(C)cc(CC)c1NC(=O)CCCN1C[C@H](c2ccc3c(c2)OCCO3)C[C@@H]1c1ccc(OCCSC)cc1. The van der Waals surface area contributed by atoms with E-state index in [4.69, 9.17) is 14.2 Å². The molecule has 0 bridgehead atoms. The van der Waals surface area contributed by atoms with Crippen LogP contribution in [0, 0.1) is 6.92 Å². The van der Waals surface area contributed by atoms with Crippen molar-refractivity contribution in [2.24, 2.45) is 0 Å². The predicted molar refractivity (Wildman–Crippen MR) is 177 cm³/mol. The zero-order valence-corrected chi connectivity index (χ0v) is 26.9.